The Balaban J connectivity index is 2.22. The van der Waals surface area contributed by atoms with Crippen molar-refractivity contribution in [2.24, 2.45) is 0 Å². The van der Waals surface area contributed by atoms with Crippen LogP contribution in [0.1, 0.15) is 17.0 Å². The fourth-order valence-electron chi connectivity index (χ4n) is 1.34. The Hall–Kier alpha value is -0.590. The number of hydrogen-bond acceptors (Lipinski definition) is 5. The monoisotopic (exact) mass is 274 g/mol. The van der Waals surface area contributed by atoms with Gasteiger partial charge in [0.1, 0.15) is 6.10 Å². The zero-order valence-corrected chi connectivity index (χ0v) is 11.7. The van der Waals surface area contributed by atoms with Gasteiger partial charge in [-0.25, -0.2) is 4.98 Å². The van der Waals surface area contributed by atoms with Crippen LogP contribution in [0.4, 0.5) is 0 Å². The SMILES string of the molecule is CSCCC(O)C(=O)NCCc1scnc1C. The van der Waals surface area contributed by atoms with Crippen molar-refractivity contribution < 1.29 is 9.90 Å². The van der Waals surface area contributed by atoms with Gasteiger partial charge in [0.15, 0.2) is 0 Å². The Bertz CT molecular complexity index is 355. The van der Waals surface area contributed by atoms with Crippen molar-refractivity contribution in [2.75, 3.05) is 18.6 Å². The van der Waals surface area contributed by atoms with E-state index in [1.165, 1.54) is 4.88 Å². The number of aliphatic hydroxyl groups is 1. The molecule has 0 fully saturated rings. The van der Waals surface area contributed by atoms with Crippen molar-refractivity contribution in [2.45, 2.75) is 25.9 Å². The number of aliphatic hydroxyl groups excluding tert-OH is 1. The maximum Gasteiger partial charge on any atom is 0.248 e. The summed E-state index contributed by atoms with van der Waals surface area (Å²) in [5.74, 6) is 0.518. The summed E-state index contributed by atoms with van der Waals surface area (Å²) in [6.45, 7) is 2.51. The number of aromatic nitrogens is 1. The molecule has 4 nitrogen and oxygen atoms in total. The number of nitrogens with one attached hydrogen (secondary N) is 1. The number of thioether (sulfide) groups is 1. The minimum Gasteiger partial charge on any atom is -0.383 e. The molecule has 0 saturated heterocycles. The van der Waals surface area contributed by atoms with Gasteiger partial charge in [-0.05, 0) is 25.4 Å². The van der Waals surface area contributed by atoms with E-state index in [0.29, 0.717) is 13.0 Å². The highest BCUT2D eigenvalue weighted by molar-refractivity contribution is 7.98. The third-order valence-corrected chi connectivity index (χ3v) is 4.03. The van der Waals surface area contributed by atoms with Gasteiger partial charge >= 0.3 is 0 Å². The highest BCUT2D eigenvalue weighted by Gasteiger charge is 2.13. The number of thiazole rings is 1. The third-order valence-electron chi connectivity index (χ3n) is 2.39. The molecule has 0 aliphatic heterocycles. The summed E-state index contributed by atoms with van der Waals surface area (Å²) < 4.78 is 0. The van der Waals surface area contributed by atoms with Gasteiger partial charge < -0.3 is 10.4 Å². The highest BCUT2D eigenvalue weighted by Crippen LogP contribution is 2.11. The van der Waals surface area contributed by atoms with Gasteiger partial charge in [-0.3, -0.25) is 4.79 Å². The molecule has 0 saturated carbocycles. The number of amides is 1. The normalized spacial score (nSPS) is 12.4. The van der Waals surface area contributed by atoms with E-state index in [1.807, 2.05) is 13.2 Å². The zero-order valence-electron chi connectivity index (χ0n) is 10.1. The lowest BCUT2D eigenvalue weighted by Crippen LogP contribution is -2.36. The number of nitrogens with zero attached hydrogens (tertiary/aromatic N) is 1. The molecule has 96 valence electrons. The molecular formula is C11H18N2O2S2. The number of aryl methyl sites for hydroxylation is 1. The van der Waals surface area contributed by atoms with Gasteiger partial charge in [-0.15, -0.1) is 11.3 Å². The van der Waals surface area contributed by atoms with E-state index in [0.717, 1.165) is 17.9 Å². The van der Waals surface area contributed by atoms with Gasteiger partial charge in [0, 0.05) is 17.8 Å². The first-order valence-electron chi connectivity index (χ1n) is 5.48. The summed E-state index contributed by atoms with van der Waals surface area (Å²) in [5, 5.41) is 12.3. The van der Waals surface area contributed by atoms with E-state index in [1.54, 1.807) is 28.6 Å². The molecule has 1 rings (SSSR count). The Morgan fingerprint density at radius 1 is 1.71 bits per heavy atom. The van der Waals surface area contributed by atoms with Gasteiger partial charge in [0.05, 0.1) is 11.2 Å². The predicted molar refractivity (Wildman–Crippen MR) is 72.6 cm³/mol. The lowest BCUT2D eigenvalue weighted by Gasteiger charge is -2.10. The van der Waals surface area contributed by atoms with E-state index < -0.39 is 6.10 Å². The second kappa shape index (κ2) is 7.68. The largest absolute Gasteiger partial charge is 0.383 e. The molecule has 6 heteroatoms. The fourth-order valence-corrected chi connectivity index (χ4v) is 2.58. The van der Waals surface area contributed by atoms with Crippen LogP contribution in [0.2, 0.25) is 0 Å². The summed E-state index contributed by atoms with van der Waals surface area (Å²) in [6.07, 6.45) is 2.35. The van der Waals surface area contributed by atoms with Crippen molar-refractivity contribution in [1.29, 1.82) is 0 Å². The second-order valence-electron chi connectivity index (χ2n) is 3.70. The second-order valence-corrected chi connectivity index (χ2v) is 5.62. The summed E-state index contributed by atoms with van der Waals surface area (Å²) in [4.78, 5) is 16.8. The lowest BCUT2D eigenvalue weighted by molar-refractivity contribution is -0.129. The predicted octanol–water partition coefficient (Wildman–Crippen LogP) is 1.22. The zero-order chi connectivity index (χ0) is 12.7. The standard InChI is InChI=1S/C11H18N2O2S2/c1-8-10(17-7-13-8)3-5-12-11(15)9(14)4-6-16-2/h7,9,14H,3-6H2,1-2H3,(H,12,15). The van der Waals surface area contributed by atoms with Gasteiger partial charge in [0.2, 0.25) is 5.91 Å². The molecule has 1 heterocycles. The van der Waals surface area contributed by atoms with Gasteiger partial charge in [-0.2, -0.15) is 11.8 Å². The number of hydrogen-bond donors (Lipinski definition) is 2. The van der Waals surface area contributed by atoms with Crippen molar-refractivity contribution >= 4 is 29.0 Å². The minimum atomic E-state index is -0.884. The Morgan fingerprint density at radius 3 is 3.06 bits per heavy atom. The average molecular weight is 274 g/mol. The molecule has 0 spiro atoms. The van der Waals surface area contributed by atoms with Crippen molar-refractivity contribution in [3.63, 3.8) is 0 Å². The molecule has 2 N–H and O–H groups in total. The van der Waals surface area contributed by atoms with Crippen molar-refractivity contribution in [3.05, 3.63) is 16.1 Å². The fraction of sp³-hybridized carbons (Fsp3) is 0.636. The summed E-state index contributed by atoms with van der Waals surface area (Å²) in [6, 6.07) is 0. The van der Waals surface area contributed by atoms with Crippen LogP contribution < -0.4 is 5.32 Å². The molecule has 1 amide bonds. The average Bonchev–Trinajstić information content (AvgIpc) is 2.72. The first-order valence-corrected chi connectivity index (χ1v) is 7.76. The maximum atomic E-state index is 11.5. The number of carbonyl (C=O) groups is 1. The molecule has 17 heavy (non-hydrogen) atoms. The van der Waals surface area contributed by atoms with Crippen molar-refractivity contribution in [3.8, 4) is 0 Å². The van der Waals surface area contributed by atoms with Crippen LogP contribution in [-0.2, 0) is 11.2 Å². The van der Waals surface area contributed by atoms with E-state index in [9.17, 15) is 9.90 Å². The first kappa shape index (κ1) is 14.5. The van der Waals surface area contributed by atoms with Crippen molar-refractivity contribution in [1.82, 2.24) is 10.3 Å². The molecule has 1 atom stereocenters. The Morgan fingerprint density at radius 2 is 2.47 bits per heavy atom. The molecule has 1 aromatic heterocycles. The summed E-state index contributed by atoms with van der Waals surface area (Å²) >= 11 is 3.22. The van der Waals surface area contributed by atoms with Crippen LogP contribution in [0.3, 0.4) is 0 Å². The quantitative estimate of drug-likeness (QED) is 0.785. The topological polar surface area (TPSA) is 62.2 Å². The van der Waals surface area contributed by atoms with E-state index in [-0.39, 0.29) is 5.91 Å². The number of carbonyl (C=O) groups excluding carboxylic acids is 1. The minimum absolute atomic E-state index is 0.277. The lowest BCUT2D eigenvalue weighted by atomic mass is 10.2. The molecule has 0 radical (unpaired) electrons. The maximum absolute atomic E-state index is 11.5. The van der Waals surface area contributed by atoms with E-state index in [4.69, 9.17) is 0 Å². The molecule has 1 unspecified atom stereocenters. The molecule has 0 aliphatic rings. The molecule has 0 bridgehead atoms. The molecule has 1 aromatic rings. The van der Waals surface area contributed by atoms with Crippen LogP contribution in [0.5, 0.6) is 0 Å². The van der Waals surface area contributed by atoms with Gasteiger partial charge in [-0.1, -0.05) is 0 Å². The number of rotatable bonds is 7. The van der Waals surface area contributed by atoms with Crippen LogP contribution in [0.25, 0.3) is 0 Å². The summed E-state index contributed by atoms with van der Waals surface area (Å²) in [7, 11) is 0. The third kappa shape index (κ3) is 5.06. The van der Waals surface area contributed by atoms with Crippen LogP contribution in [-0.4, -0.2) is 40.7 Å². The van der Waals surface area contributed by atoms with E-state index in [2.05, 4.69) is 10.3 Å². The Kier molecular flexibility index (Phi) is 6.54. The smallest absolute Gasteiger partial charge is 0.248 e. The van der Waals surface area contributed by atoms with Gasteiger partial charge in [0.25, 0.3) is 0 Å². The van der Waals surface area contributed by atoms with Crippen LogP contribution >= 0.6 is 23.1 Å². The van der Waals surface area contributed by atoms with Crippen LogP contribution in [0, 0.1) is 6.92 Å². The molecular weight excluding hydrogens is 256 g/mol. The first-order chi connectivity index (χ1) is 8.15. The highest BCUT2D eigenvalue weighted by atomic mass is 32.2. The van der Waals surface area contributed by atoms with E-state index >= 15 is 0 Å². The summed E-state index contributed by atoms with van der Waals surface area (Å²) in [5.41, 5.74) is 2.83. The Labute approximate surface area is 110 Å². The molecule has 0 aromatic carbocycles. The van der Waals surface area contributed by atoms with Crippen LogP contribution in [0.15, 0.2) is 5.51 Å². The molecule has 0 aliphatic carbocycles.